The molecule has 6 rings (SSSR count). The summed E-state index contributed by atoms with van der Waals surface area (Å²) in [5, 5.41) is 33.1. The predicted molar refractivity (Wildman–Crippen MR) is 145 cm³/mol. The van der Waals surface area contributed by atoms with Crippen molar-refractivity contribution in [3.63, 3.8) is 0 Å². The molecule has 3 aliphatic rings. The maximum Gasteiger partial charge on any atom is 0.335 e. The Morgan fingerprint density at radius 1 is 0.897 bits per heavy atom. The number of anilines is 1. The van der Waals surface area contributed by atoms with Gasteiger partial charge in [0.25, 0.3) is 11.8 Å². The van der Waals surface area contributed by atoms with Crippen LogP contribution in [0.15, 0.2) is 72.3 Å². The first kappa shape index (κ1) is 25.0. The van der Waals surface area contributed by atoms with Gasteiger partial charge in [-0.1, -0.05) is 50.3 Å². The van der Waals surface area contributed by atoms with E-state index in [2.05, 4.69) is 0 Å². The summed E-state index contributed by atoms with van der Waals surface area (Å²) in [4.78, 5) is 42.2. The number of aliphatic hydroxyl groups excluding tert-OH is 2. The van der Waals surface area contributed by atoms with E-state index in [4.69, 9.17) is 0 Å². The van der Waals surface area contributed by atoms with E-state index in [1.165, 1.54) is 21.9 Å². The van der Waals surface area contributed by atoms with Crippen LogP contribution in [0.5, 0.6) is 0 Å². The van der Waals surface area contributed by atoms with Crippen LogP contribution in [0.3, 0.4) is 0 Å². The van der Waals surface area contributed by atoms with E-state index in [-0.39, 0.29) is 17.5 Å². The smallest absolute Gasteiger partial charge is 0.335 e. The van der Waals surface area contributed by atoms with Gasteiger partial charge in [-0.3, -0.25) is 14.5 Å². The SMILES string of the molecule is CCC1=CC=CC(CC)C1N1C(=O)c2ccc3c4c(ccc(c24)C1=O)C(O)N(c1cccc(C(=O)O)c1)C3O. The third-order valence-electron chi connectivity index (χ3n) is 8.21. The molecule has 3 N–H and O–H groups in total. The number of carbonyl (C=O) groups is 3. The standard InChI is InChI=1S/C31H28N2O6/c1-3-16-7-5-8-17(4-2)26(16)33-29(36)22-13-11-20-24-21(12-14-23(25(22)24)30(33)37)28(35)32(27(20)34)19-10-6-9-18(15-19)31(38)39/h5-16,26-28,34-35H,3-4H2,1-2H3,(H,38,39). The highest BCUT2D eigenvalue weighted by Gasteiger charge is 2.44. The first-order valence-electron chi connectivity index (χ1n) is 13.1. The van der Waals surface area contributed by atoms with Crippen molar-refractivity contribution in [3.8, 4) is 0 Å². The number of amides is 2. The summed E-state index contributed by atoms with van der Waals surface area (Å²) in [5.41, 5.74) is 2.91. The molecule has 0 bridgehead atoms. The van der Waals surface area contributed by atoms with Gasteiger partial charge in [0.2, 0.25) is 0 Å². The molecule has 0 saturated carbocycles. The van der Waals surface area contributed by atoms with Gasteiger partial charge in [0.15, 0.2) is 12.5 Å². The minimum absolute atomic E-state index is 0.00564. The molecule has 3 aromatic carbocycles. The first-order valence-corrected chi connectivity index (χ1v) is 13.1. The molecule has 3 aromatic rings. The van der Waals surface area contributed by atoms with Gasteiger partial charge in [-0.25, -0.2) is 4.79 Å². The van der Waals surface area contributed by atoms with Crippen molar-refractivity contribution in [2.75, 3.05) is 4.90 Å². The highest BCUT2D eigenvalue weighted by Crippen LogP contribution is 2.47. The fourth-order valence-corrected chi connectivity index (χ4v) is 6.30. The van der Waals surface area contributed by atoms with E-state index in [0.717, 1.165) is 12.0 Å². The molecule has 8 heteroatoms. The molecule has 198 valence electrons. The number of aliphatic hydroxyl groups is 2. The quantitative estimate of drug-likeness (QED) is 0.405. The van der Waals surface area contributed by atoms with Crippen molar-refractivity contribution in [3.05, 3.63) is 100 Å². The van der Waals surface area contributed by atoms with Gasteiger partial charge in [0.05, 0.1) is 11.6 Å². The van der Waals surface area contributed by atoms with Crippen LogP contribution in [0.25, 0.3) is 10.8 Å². The van der Waals surface area contributed by atoms with Crippen LogP contribution in [0, 0.1) is 5.92 Å². The summed E-state index contributed by atoms with van der Waals surface area (Å²) < 4.78 is 0. The molecule has 0 saturated heterocycles. The van der Waals surface area contributed by atoms with Gasteiger partial charge >= 0.3 is 5.97 Å². The Hall–Kier alpha value is -4.27. The number of allylic oxidation sites excluding steroid dienone is 2. The summed E-state index contributed by atoms with van der Waals surface area (Å²) in [6, 6.07) is 12.2. The van der Waals surface area contributed by atoms with E-state index in [0.29, 0.717) is 45.1 Å². The van der Waals surface area contributed by atoms with Gasteiger partial charge in [-0.2, -0.15) is 0 Å². The second kappa shape index (κ2) is 9.18. The van der Waals surface area contributed by atoms with E-state index in [1.807, 2.05) is 32.1 Å². The van der Waals surface area contributed by atoms with Crippen LogP contribution >= 0.6 is 0 Å². The van der Waals surface area contributed by atoms with E-state index in [1.54, 1.807) is 36.4 Å². The topological polar surface area (TPSA) is 118 Å². The largest absolute Gasteiger partial charge is 0.478 e. The number of nitrogens with zero attached hydrogens (tertiary/aromatic N) is 2. The lowest BCUT2D eigenvalue weighted by Crippen LogP contribution is -2.51. The van der Waals surface area contributed by atoms with E-state index < -0.39 is 30.2 Å². The van der Waals surface area contributed by atoms with Crippen molar-refractivity contribution in [2.24, 2.45) is 5.92 Å². The fraction of sp³-hybridized carbons (Fsp3) is 0.258. The minimum Gasteiger partial charge on any atom is -0.478 e. The number of hydrogen-bond acceptors (Lipinski definition) is 6. The third-order valence-corrected chi connectivity index (χ3v) is 8.21. The Balaban J connectivity index is 1.49. The number of rotatable bonds is 5. The second-order valence-electron chi connectivity index (χ2n) is 10.1. The molecule has 0 fully saturated rings. The Kier molecular flexibility index (Phi) is 5.89. The highest BCUT2D eigenvalue weighted by molar-refractivity contribution is 6.26. The molecule has 0 radical (unpaired) electrons. The maximum atomic E-state index is 14.0. The van der Waals surface area contributed by atoms with Crippen molar-refractivity contribution >= 4 is 34.2 Å². The van der Waals surface area contributed by atoms with Crippen LogP contribution in [-0.2, 0) is 0 Å². The zero-order valence-electron chi connectivity index (χ0n) is 21.5. The number of aromatic carboxylic acids is 1. The Bertz CT molecular complexity index is 1560. The number of carboxylic acid groups (broad SMARTS) is 1. The summed E-state index contributed by atoms with van der Waals surface area (Å²) in [5.74, 6) is -1.91. The van der Waals surface area contributed by atoms with Crippen molar-refractivity contribution in [1.82, 2.24) is 4.90 Å². The Morgan fingerprint density at radius 3 is 2.10 bits per heavy atom. The molecule has 39 heavy (non-hydrogen) atoms. The molecule has 2 aliphatic heterocycles. The second-order valence-corrected chi connectivity index (χ2v) is 10.1. The summed E-state index contributed by atoms with van der Waals surface area (Å²) in [7, 11) is 0. The minimum atomic E-state index is -1.34. The van der Waals surface area contributed by atoms with Crippen LogP contribution in [0.4, 0.5) is 5.69 Å². The lowest BCUT2D eigenvalue weighted by Gasteiger charge is -2.42. The molecule has 0 aromatic heterocycles. The lowest BCUT2D eigenvalue weighted by atomic mass is 9.80. The van der Waals surface area contributed by atoms with Crippen LogP contribution in [0.2, 0.25) is 0 Å². The molecule has 1 aliphatic carbocycles. The highest BCUT2D eigenvalue weighted by atomic mass is 16.4. The number of carboxylic acids is 1. The molecular formula is C31H28N2O6. The summed E-state index contributed by atoms with van der Waals surface area (Å²) in [6.07, 6.45) is 4.81. The Labute approximate surface area is 225 Å². The third kappa shape index (κ3) is 3.56. The lowest BCUT2D eigenvalue weighted by molar-refractivity contribution is 0.0524. The summed E-state index contributed by atoms with van der Waals surface area (Å²) in [6.45, 7) is 4.06. The van der Waals surface area contributed by atoms with Gasteiger partial charge < -0.3 is 20.2 Å². The first-order chi connectivity index (χ1) is 18.8. The molecule has 2 heterocycles. The zero-order valence-corrected chi connectivity index (χ0v) is 21.5. The van der Waals surface area contributed by atoms with Crippen molar-refractivity contribution in [2.45, 2.75) is 45.2 Å². The van der Waals surface area contributed by atoms with Gasteiger partial charge in [-0.15, -0.1) is 0 Å². The molecule has 8 nitrogen and oxygen atoms in total. The summed E-state index contributed by atoms with van der Waals surface area (Å²) >= 11 is 0. The van der Waals surface area contributed by atoms with E-state index >= 15 is 0 Å². The number of carbonyl (C=O) groups excluding carboxylic acids is 2. The average Bonchev–Trinajstić information content (AvgIpc) is 2.95. The maximum absolute atomic E-state index is 14.0. The zero-order chi connectivity index (χ0) is 27.6. The Morgan fingerprint density at radius 2 is 1.54 bits per heavy atom. The monoisotopic (exact) mass is 524 g/mol. The van der Waals surface area contributed by atoms with Crippen molar-refractivity contribution in [1.29, 1.82) is 0 Å². The van der Waals surface area contributed by atoms with Gasteiger partial charge in [-0.05, 0) is 54.1 Å². The van der Waals surface area contributed by atoms with Gasteiger partial charge in [0, 0.05) is 39.2 Å². The molecule has 0 spiro atoms. The van der Waals surface area contributed by atoms with Crippen molar-refractivity contribution < 1.29 is 29.7 Å². The molecule has 4 unspecified atom stereocenters. The van der Waals surface area contributed by atoms with Crippen LogP contribution in [-0.4, -0.2) is 44.0 Å². The van der Waals surface area contributed by atoms with Crippen LogP contribution < -0.4 is 4.90 Å². The predicted octanol–water partition coefficient (Wildman–Crippen LogP) is 4.94. The molecular weight excluding hydrogens is 496 g/mol. The van der Waals surface area contributed by atoms with Crippen LogP contribution in [0.1, 0.15) is 81.3 Å². The number of benzene rings is 3. The molecule has 4 atom stereocenters. The normalized spacial score (nSPS) is 23.8. The average molecular weight is 525 g/mol. The fourth-order valence-electron chi connectivity index (χ4n) is 6.30. The van der Waals surface area contributed by atoms with E-state index in [9.17, 15) is 29.7 Å². The number of imide groups is 1. The molecule has 2 amide bonds. The number of hydrogen-bond donors (Lipinski definition) is 3. The van der Waals surface area contributed by atoms with Gasteiger partial charge in [0.1, 0.15) is 0 Å².